The first-order valence-corrected chi connectivity index (χ1v) is 5.56. The number of rotatable bonds is 4. The summed E-state index contributed by atoms with van der Waals surface area (Å²) in [5, 5.41) is 13.9. The number of aromatic nitrogens is 2. The summed E-state index contributed by atoms with van der Waals surface area (Å²) >= 11 is 5.74. The summed E-state index contributed by atoms with van der Waals surface area (Å²) in [5.74, 6) is 0.336. The lowest BCUT2D eigenvalue weighted by Gasteiger charge is -2.09. The number of hydrogen-bond acceptors (Lipinski definition) is 6. The van der Waals surface area contributed by atoms with E-state index in [1.807, 2.05) is 0 Å². The number of nitrogens with one attached hydrogen (secondary N) is 1. The number of hydrogen-bond donors (Lipinski definition) is 1. The van der Waals surface area contributed by atoms with Crippen LogP contribution in [0.15, 0.2) is 30.5 Å². The molecule has 0 aliphatic heterocycles. The number of nitrogens with zero attached hydrogens (tertiary/aromatic N) is 3. The van der Waals surface area contributed by atoms with E-state index in [4.69, 9.17) is 16.3 Å². The minimum atomic E-state index is -0.547. The van der Waals surface area contributed by atoms with Crippen LogP contribution in [0, 0.1) is 10.1 Å². The van der Waals surface area contributed by atoms with E-state index in [0.29, 0.717) is 11.6 Å². The summed E-state index contributed by atoms with van der Waals surface area (Å²) in [6.45, 7) is 0. The Morgan fingerprint density at radius 3 is 2.89 bits per heavy atom. The number of methoxy groups -OCH3 is 1. The van der Waals surface area contributed by atoms with Gasteiger partial charge in [-0.3, -0.25) is 10.1 Å². The second-order valence-corrected chi connectivity index (χ2v) is 3.83. The number of ether oxygens (including phenoxy) is 1. The minimum absolute atomic E-state index is 0.0313. The van der Waals surface area contributed by atoms with Crippen LogP contribution < -0.4 is 10.1 Å². The van der Waals surface area contributed by atoms with Crippen LogP contribution in [-0.2, 0) is 0 Å². The number of nitro groups is 1. The molecule has 0 aromatic carbocycles. The zero-order valence-corrected chi connectivity index (χ0v) is 10.6. The molecule has 2 aromatic heterocycles. The van der Waals surface area contributed by atoms with Crippen LogP contribution in [-0.4, -0.2) is 22.0 Å². The van der Waals surface area contributed by atoms with Crippen LogP contribution in [0.4, 0.5) is 17.2 Å². The first-order valence-electron chi connectivity index (χ1n) is 5.19. The highest BCUT2D eigenvalue weighted by atomic mass is 35.5. The van der Waals surface area contributed by atoms with Crippen molar-refractivity contribution >= 4 is 28.8 Å². The average Bonchev–Trinajstić information content (AvgIpc) is 2.39. The summed E-state index contributed by atoms with van der Waals surface area (Å²) in [6.07, 6.45) is 1.55. The monoisotopic (exact) mass is 280 g/mol. The maximum absolute atomic E-state index is 10.9. The van der Waals surface area contributed by atoms with Gasteiger partial charge < -0.3 is 10.1 Å². The van der Waals surface area contributed by atoms with Gasteiger partial charge in [0.1, 0.15) is 10.8 Å². The summed E-state index contributed by atoms with van der Waals surface area (Å²) in [5.41, 5.74) is 0.276. The summed E-state index contributed by atoms with van der Waals surface area (Å²) in [4.78, 5) is 18.2. The zero-order valence-electron chi connectivity index (χ0n) is 9.83. The van der Waals surface area contributed by atoms with Crippen LogP contribution >= 0.6 is 11.6 Å². The molecule has 1 N–H and O–H groups in total. The molecule has 19 heavy (non-hydrogen) atoms. The van der Waals surface area contributed by atoms with Crippen molar-refractivity contribution in [2.75, 3.05) is 12.4 Å². The van der Waals surface area contributed by atoms with Gasteiger partial charge in [0.05, 0.1) is 12.0 Å². The van der Waals surface area contributed by atoms with E-state index in [9.17, 15) is 10.1 Å². The van der Waals surface area contributed by atoms with Crippen LogP contribution in [0.2, 0.25) is 5.15 Å². The lowest BCUT2D eigenvalue weighted by atomic mass is 10.3. The summed E-state index contributed by atoms with van der Waals surface area (Å²) < 4.78 is 5.04. The van der Waals surface area contributed by atoms with Gasteiger partial charge in [0.2, 0.25) is 11.7 Å². The van der Waals surface area contributed by atoms with Gasteiger partial charge in [-0.05, 0) is 18.2 Å². The van der Waals surface area contributed by atoms with Crippen molar-refractivity contribution in [1.82, 2.24) is 9.97 Å². The molecular formula is C11H9ClN4O3. The van der Waals surface area contributed by atoms with Crippen LogP contribution in [0.3, 0.4) is 0 Å². The van der Waals surface area contributed by atoms with E-state index in [1.54, 1.807) is 18.3 Å². The first kappa shape index (κ1) is 13.0. The molecule has 7 nitrogen and oxygen atoms in total. The van der Waals surface area contributed by atoms with Crippen LogP contribution in [0.5, 0.6) is 5.88 Å². The molecule has 2 heterocycles. The Balaban J connectivity index is 2.42. The highest BCUT2D eigenvalue weighted by Crippen LogP contribution is 2.30. The van der Waals surface area contributed by atoms with Gasteiger partial charge in [0.15, 0.2) is 0 Å². The molecule has 0 unspecified atom stereocenters. The molecule has 8 heteroatoms. The van der Waals surface area contributed by atoms with E-state index >= 15 is 0 Å². The molecule has 0 aliphatic rings. The van der Waals surface area contributed by atoms with Crippen molar-refractivity contribution in [1.29, 1.82) is 0 Å². The van der Waals surface area contributed by atoms with Gasteiger partial charge in [-0.25, -0.2) is 9.97 Å². The molecule has 0 aliphatic carbocycles. The third-order valence-corrected chi connectivity index (χ3v) is 2.46. The lowest BCUT2D eigenvalue weighted by molar-refractivity contribution is -0.384. The highest BCUT2D eigenvalue weighted by Gasteiger charge is 2.17. The van der Waals surface area contributed by atoms with Crippen molar-refractivity contribution in [3.63, 3.8) is 0 Å². The van der Waals surface area contributed by atoms with Crippen molar-refractivity contribution < 1.29 is 9.66 Å². The fraction of sp³-hybridized carbons (Fsp3) is 0.0909. The number of halogens is 1. The van der Waals surface area contributed by atoms with E-state index in [-0.39, 0.29) is 16.7 Å². The maximum Gasteiger partial charge on any atom is 0.311 e. The number of pyridine rings is 2. The minimum Gasteiger partial charge on any atom is -0.480 e. The number of anilines is 2. The van der Waals surface area contributed by atoms with E-state index in [2.05, 4.69) is 15.3 Å². The van der Waals surface area contributed by atoms with Gasteiger partial charge in [0.25, 0.3) is 0 Å². The van der Waals surface area contributed by atoms with Crippen molar-refractivity contribution in [3.8, 4) is 5.88 Å². The molecule has 0 fully saturated rings. The van der Waals surface area contributed by atoms with Gasteiger partial charge in [-0.1, -0.05) is 11.6 Å². The Labute approximate surface area is 113 Å². The van der Waals surface area contributed by atoms with Crippen molar-refractivity contribution in [2.45, 2.75) is 0 Å². The fourth-order valence-corrected chi connectivity index (χ4v) is 1.59. The molecule has 0 radical (unpaired) electrons. The largest absolute Gasteiger partial charge is 0.480 e. The van der Waals surface area contributed by atoms with Gasteiger partial charge in [0, 0.05) is 12.3 Å². The predicted octanol–water partition coefficient (Wildman–Crippen LogP) is 2.79. The normalized spacial score (nSPS) is 10.0. The molecule has 0 spiro atoms. The summed E-state index contributed by atoms with van der Waals surface area (Å²) in [6, 6.07) is 5.96. The molecule has 2 aromatic rings. The predicted molar refractivity (Wildman–Crippen MR) is 70.0 cm³/mol. The Hall–Kier alpha value is -2.41. The Morgan fingerprint density at radius 2 is 2.21 bits per heavy atom. The smallest absolute Gasteiger partial charge is 0.311 e. The zero-order chi connectivity index (χ0) is 13.8. The quantitative estimate of drug-likeness (QED) is 0.526. The molecule has 0 bridgehead atoms. The van der Waals surface area contributed by atoms with Crippen LogP contribution in [0.1, 0.15) is 0 Å². The second kappa shape index (κ2) is 5.49. The lowest BCUT2D eigenvalue weighted by Crippen LogP contribution is -2.02. The molecule has 0 amide bonds. The van der Waals surface area contributed by atoms with E-state index in [1.165, 1.54) is 19.2 Å². The topological polar surface area (TPSA) is 90.2 Å². The van der Waals surface area contributed by atoms with Gasteiger partial charge in [-0.15, -0.1) is 0 Å². The van der Waals surface area contributed by atoms with Gasteiger partial charge in [-0.2, -0.15) is 0 Å². The highest BCUT2D eigenvalue weighted by molar-refractivity contribution is 6.29. The fourth-order valence-electron chi connectivity index (χ4n) is 1.44. The van der Waals surface area contributed by atoms with Crippen molar-refractivity contribution in [3.05, 3.63) is 45.7 Å². The second-order valence-electron chi connectivity index (χ2n) is 3.44. The van der Waals surface area contributed by atoms with Crippen LogP contribution in [0.25, 0.3) is 0 Å². The average molecular weight is 281 g/mol. The molecular weight excluding hydrogens is 272 g/mol. The molecule has 0 saturated heterocycles. The molecule has 0 atom stereocenters. The third kappa shape index (κ3) is 2.89. The van der Waals surface area contributed by atoms with E-state index in [0.717, 1.165) is 0 Å². The SMILES string of the molecule is COc1ncccc1Nc1nc(Cl)ccc1[N+](=O)[O-]. The first-order chi connectivity index (χ1) is 9.11. The Bertz CT molecular complexity index is 621. The maximum atomic E-state index is 10.9. The van der Waals surface area contributed by atoms with Gasteiger partial charge >= 0.3 is 5.69 Å². The molecule has 98 valence electrons. The standard InChI is InChI=1S/C11H9ClN4O3/c1-19-11-7(3-2-6-13-11)14-10-8(16(17)18)4-5-9(12)15-10/h2-6H,1H3,(H,14,15). The molecule has 0 saturated carbocycles. The van der Waals surface area contributed by atoms with E-state index < -0.39 is 4.92 Å². The summed E-state index contributed by atoms with van der Waals surface area (Å²) in [7, 11) is 1.45. The Morgan fingerprint density at radius 1 is 1.42 bits per heavy atom. The Kier molecular flexibility index (Phi) is 3.76. The van der Waals surface area contributed by atoms with Crippen molar-refractivity contribution in [2.24, 2.45) is 0 Å². The third-order valence-electron chi connectivity index (χ3n) is 2.25. The molecule has 2 rings (SSSR count).